The summed E-state index contributed by atoms with van der Waals surface area (Å²) >= 11 is 0. The molecule has 2 aliphatic rings. The Morgan fingerprint density at radius 1 is 0.867 bits per heavy atom. The molecule has 2 amide bonds. The highest BCUT2D eigenvalue weighted by atomic mass is 31.2. The number of benzene rings is 3. The van der Waals surface area contributed by atoms with E-state index >= 15 is 0 Å². The van der Waals surface area contributed by atoms with Gasteiger partial charge >= 0.3 is 6.09 Å². The van der Waals surface area contributed by atoms with Crippen LogP contribution < -0.4 is 42.0 Å². The summed E-state index contributed by atoms with van der Waals surface area (Å²) in [5.74, 6) is -0.356. The normalized spacial score (nSPS) is 16.1. The molecule has 0 saturated carbocycles. The van der Waals surface area contributed by atoms with Gasteiger partial charge in [0.2, 0.25) is 5.91 Å². The number of amides is 2. The van der Waals surface area contributed by atoms with Crippen LogP contribution in [0.5, 0.6) is 5.75 Å². The predicted molar refractivity (Wildman–Crippen MR) is 302 cm³/mol. The summed E-state index contributed by atoms with van der Waals surface area (Å²) in [6.45, 7) is 15.6. The maximum Gasteiger partial charge on any atom is 0.407 e. The first-order chi connectivity index (χ1) is 35.9. The third kappa shape index (κ3) is 21.4. The molecule has 406 valence electrons. The van der Waals surface area contributed by atoms with Crippen LogP contribution >= 0.6 is 8.11 Å². The quantitative estimate of drug-likeness (QED) is 0.0183. The number of hydrogen-bond acceptors (Lipinski definition) is 9. The molecule has 0 heterocycles. The average Bonchev–Trinajstić information content (AvgIpc) is 3.35. The fourth-order valence-electron chi connectivity index (χ4n) is 9.60. The Balaban J connectivity index is 1.40. The molecule has 75 heavy (non-hydrogen) atoms. The SMILES string of the molecule is [B]P(F)CC(N)=NCCC[C@@H](NC(=O)[C@@H](CCCCNC(=O)OC(C)(C)C)CC(=O)COc1ccc2c(c1C1=c3ccccc3=CC[C@@H]1OCCC(C)C)=CCCC=2)C(=O)C[C@H](COCc1ccccc1)CC(C)C. The van der Waals surface area contributed by atoms with E-state index in [-0.39, 0.29) is 73.9 Å². The maximum atomic E-state index is 14.7. The van der Waals surface area contributed by atoms with Crippen LogP contribution in [0.15, 0.2) is 71.7 Å². The van der Waals surface area contributed by atoms with Gasteiger partial charge in [-0.15, -0.1) is 0 Å². The van der Waals surface area contributed by atoms with E-state index in [0.29, 0.717) is 70.1 Å². The number of nitrogens with zero attached hydrogens (tertiary/aromatic N) is 1. The van der Waals surface area contributed by atoms with Gasteiger partial charge in [-0.1, -0.05) is 113 Å². The first kappa shape index (κ1) is 60.7. The van der Waals surface area contributed by atoms with E-state index in [1.807, 2.05) is 54.6 Å². The van der Waals surface area contributed by atoms with Crippen molar-refractivity contribution in [2.24, 2.45) is 34.4 Å². The highest BCUT2D eigenvalue weighted by molar-refractivity contribution is 7.78. The standard InChI is InChI=1S/C60H83BFN4O8P/c1-41(2)30-33-72-53-28-26-45-20-11-13-23-49(45)56(53)57-50-24-14-12-21-46(50)27-29-54(57)73-39-48(67)36-47(22-15-16-31-65-59(70)74-60(5,6)7)58(69)66-51(25-17-32-64-55(63)40-75(61)62)52(68)35-44(34-42(3)4)38-71-37-43-18-9-8-10-19-43/h8-11,13,18-21,23-24,26-27,29,41-42,44,47,51,53H,12,14-17,22,25,28,30-40H2,1-7H3,(H2,63,64)(H,65,70)(H,66,69)/t44-,47+,51-,53+,75?/m1/s1. The van der Waals surface area contributed by atoms with Gasteiger partial charge in [-0.05, 0) is 129 Å². The van der Waals surface area contributed by atoms with E-state index in [4.69, 9.17) is 32.2 Å². The summed E-state index contributed by atoms with van der Waals surface area (Å²) in [5, 5.41) is 10.2. The predicted octanol–water partition coefficient (Wildman–Crippen LogP) is 8.42. The molecular formula is C60H83BFN4O8P. The van der Waals surface area contributed by atoms with Crippen LogP contribution in [0.2, 0.25) is 0 Å². The molecule has 15 heteroatoms. The Labute approximate surface area is 447 Å². The number of carbonyl (C=O) groups excluding carboxylic acids is 4. The Bertz CT molecular complexity index is 2620. The Morgan fingerprint density at radius 3 is 2.35 bits per heavy atom. The number of amidine groups is 1. The second-order valence-corrected chi connectivity index (χ2v) is 23.0. The lowest BCUT2D eigenvalue weighted by Crippen LogP contribution is -2.45. The summed E-state index contributed by atoms with van der Waals surface area (Å²) in [4.78, 5) is 60.2. The number of rotatable bonds is 32. The molecule has 5 atom stereocenters. The fraction of sp³-hybridized carbons (Fsp3) is 0.550. The van der Waals surface area contributed by atoms with Crippen LogP contribution in [-0.2, 0) is 35.2 Å². The van der Waals surface area contributed by atoms with Crippen LogP contribution in [0.25, 0.3) is 23.8 Å². The summed E-state index contributed by atoms with van der Waals surface area (Å²) in [7, 11) is 3.11. The van der Waals surface area contributed by atoms with Gasteiger partial charge in [0.15, 0.2) is 19.1 Å². The second kappa shape index (κ2) is 31.2. The smallest absolute Gasteiger partial charge is 0.407 e. The Hall–Kier alpha value is -5.17. The first-order valence-electron chi connectivity index (χ1n) is 27.1. The van der Waals surface area contributed by atoms with Gasteiger partial charge in [-0.3, -0.25) is 19.4 Å². The number of Topliss-reactive ketones (excluding diaryl/α,β-unsaturated/α-hetero) is 2. The average molecular weight is 1050 g/mol. The summed E-state index contributed by atoms with van der Waals surface area (Å²) in [5.41, 5.74) is 8.26. The molecule has 3 aromatic rings. The zero-order valence-electron chi connectivity index (χ0n) is 45.7. The monoisotopic (exact) mass is 1050 g/mol. The lowest BCUT2D eigenvalue weighted by molar-refractivity contribution is -0.133. The summed E-state index contributed by atoms with van der Waals surface area (Å²) < 4.78 is 38.4. The minimum absolute atomic E-state index is 0.0990. The molecule has 0 aliphatic heterocycles. The lowest BCUT2D eigenvalue weighted by Gasteiger charge is -2.26. The van der Waals surface area contributed by atoms with E-state index in [0.717, 1.165) is 63.3 Å². The lowest BCUT2D eigenvalue weighted by atomic mass is 9.87. The van der Waals surface area contributed by atoms with Crippen molar-refractivity contribution in [2.45, 2.75) is 150 Å². The minimum atomic E-state index is -2.26. The van der Waals surface area contributed by atoms with E-state index < -0.39 is 37.7 Å². The number of ether oxygens (including phenoxy) is 4. The number of hydrogen-bond donors (Lipinski definition) is 3. The number of halogens is 1. The van der Waals surface area contributed by atoms with Crippen LogP contribution in [0.4, 0.5) is 8.99 Å². The molecule has 0 bridgehead atoms. The first-order valence-corrected chi connectivity index (χ1v) is 28.6. The van der Waals surface area contributed by atoms with E-state index in [1.54, 1.807) is 20.8 Å². The number of carbonyl (C=O) groups is 4. The van der Waals surface area contributed by atoms with Crippen LogP contribution in [-0.4, -0.2) is 93.8 Å². The van der Waals surface area contributed by atoms with Crippen molar-refractivity contribution in [1.29, 1.82) is 0 Å². The van der Waals surface area contributed by atoms with Crippen LogP contribution in [0.3, 0.4) is 0 Å². The summed E-state index contributed by atoms with van der Waals surface area (Å²) in [6, 6.07) is 21.3. The second-order valence-electron chi connectivity index (χ2n) is 21.9. The van der Waals surface area contributed by atoms with E-state index in [9.17, 15) is 23.4 Å². The zero-order valence-corrected chi connectivity index (χ0v) is 46.6. The highest BCUT2D eigenvalue weighted by Gasteiger charge is 2.30. The molecular weight excluding hydrogens is 965 g/mol. The molecule has 12 nitrogen and oxygen atoms in total. The Morgan fingerprint density at radius 2 is 1.61 bits per heavy atom. The van der Waals surface area contributed by atoms with Gasteiger partial charge in [0.25, 0.3) is 0 Å². The van der Waals surface area contributed by atoms with Crippen LogP contribution in [0.1, 0.15) is 137 Å². The molecule has 2 radical (unpaired) electrons. The van der Waals surface area contributed by atoms with Crippen molar-refractivity contribution >= 4 is 68.9 Å². The topological polar surface area (TPSA) is 168 Å². The van der Waals surface area contributed by atoms with Crippen LogP contribution in [0, 0.1) is 23.7 Å². The van der Waals surface area contributed by atoms with Crippen molar-refractivity contribution in [3.05, 3.63) is 98.7 Å². The zero-order chi connectivity index (χ0) is 54.3. The van der Waals surface area contributed by atoms with Gasteiger partial charge in [0.05, 0.1) is 31.2 Å². The summed E-state index contributed by atoms with van der Waals surface area (Å²) in [6.07, 6.45) is 11.9. The van der Waals surface area contributed by atoms with E-state index in [1.165, 1.54) is 0 Å². The fourth-order valence-corrected chi connectivity index (χ4v) is 10.0. The van der Waals surface area contributed by atoms with Gasteiger partial charge < -0.3 is 35.3 Å². The molecule has 0 fully saturated rings. The third-order valence-electron chi connectivity index (χ3n) is 13.2. The molecule has 2 aliphatic carbocycles. The molecule has 0 spiro atoms. The van der Waals surface area contributed by atoms with Gasteiger partial charge in [0, 0.05) is 63.9 Å². The molecule has 1 unspecified atom stereocenters. The molecule has 5 rings (SSSR count). The number of nitrogens with one attached hydrogen (secondary N) is 2. The third-order valence-corrected chi connectivity index (χ3v) is 13.8. The van der Waals surface area contributed by atoms with Crippen molar-refractivity contribution < 1.29 is 42.3 Å². The van der Waals surface area contributed by atoms with Crippen molar-refractivity contribution in [2.75, 3.05) is 39.1 Å². The Kier molecular flexibility index (Phi) is 25.2. The number of alkyl carbamates (subject to hydrolysis) is 1. The molecule has 0 saturated heterocycles. The van der Waals surface area contributed by atoms with Gasteiger partial charge in [-0.25, -0.2) is 8.99 Å². The number of ketones is 2. The van der Waals surface area contributed by atoms with Gasteiger partial charge in [-0.2, -0.15) is 0 Å². The van der Waals surface area contributed by atoms with Gasteiger partial charge in [0.1, 0.15) is 18.0 Å². The highest BCUT2D eigenvalue weighted by Crippen LogP contribution is 2.30. The van der Waals surface area contributed by atoms with Crippen molar-refractivity contribution in [1.82, 2.24) is 10.6 Å². The number of aliphatic imine (C=N–C) groups is 1. The largest absolute Gasteiger partial charge is 0.485 e. The molecule has 0 aromatic heterocycles. The number of fused-ring (bicyclic) bond motifs is 2. The minimum Gasteiger partial charge on any atom is -0.485 e. The number of nitrogens with two attached hydrogens (primary N) is 1. The van der Waals surface area contributed by atoms with Crippen molar-refractivity contribution in [3.63, 3.8) is 0 Å². The number of unbranched alkanes of at least 4 members (excludes halogenated alkanes) is 1. The molecule has 3 aromatic carbocycles. The van der Waals surface area contributed by atoms with E-state index in [2.05, 4.69) is 73.7 Å². The maximum absolute atomic E-state index is 14.7. The van der Waals surface area contributed by atoms with Crippen molar-refractivity contribution in [3.8, 4) is 5.75 Å². The molecule has 4 N–H and O–H groups in total.